The van der Waals surface area contributed by atoms with Gasteiger partial charge in [-0.2, -0.15) is 4.98 Å². The Hall–Kier alpha value is -3.12. The lowest BCUT2D eigenvalue weighted by molar-refractivity contribution is 0.123. The van der Waals surface area contributed by atoms with Crippen molar-refractivity contribution in [2.45, 2.75) is 0 Å². The van der Waals surface area contributed by atoms with E-state index < -0.39 is 0 Å². The van der Waals surface area contributed by atoms with Gasteiger partial charge in [-0.25, -0.2) is 4.98 Å². The van der Waals surface area contributed by atoms with E-state index >= 15 is 0 Å². The average molecular weight is 347 g/mol. The number of nitrogens with zero attached hydrogens (tertiary/aromatic N) is 3. The molecule has 0 amide bonds. The Balaban J connectivity index is 1.53. The highest BCUT2D eigenvalue weighted by Gasteiger charge is 2.14. The lowest BCUT2D eigenvalue weighted by atomic mass is 10.2. The van der Waals surface area contributed by atoms with Gasteiger partial charge in [-0.15, -0.1) is 0 Å². The Morgan fingerprint density at radius 1 is 0.846 bits per heavy atom. The molecule has 0 radical (unpaired) electrons. The molecule has 1 saturated heterocycles. The summed E-state index contributed by atoms with van der Waals surface area (Å²) in [4.78, 5) is 11.2. The summed E-state index contributed by atoms with van der Waals surface area (Å²) in [7, 11) is 0. The molecule has 1 aliphatic heterocycles. The first-order valence-electron chi connectivity index (χ1n) is 8.72. The summed E-state index contributed by atoms with van der Waals surface area (Å²) in [5.74, 6) is 1.31. The highest BCUT2D eigenvalue weighted by Crippen LogP contribution is 2.29. The van der Waals surface area contributed by atoms with Crippen molar-refractivity contribution in [2.75, 3.05) is 41.8 Å². The second-order valence-electron chi connectivity index (χ2n) is 6.00. The van der Waals surface area contributed by atoms with Gasteiger partial charge >= 0.3 is 0 Å². The first-order valence-corrected chi connectivity index (χ1v) is 8.72. The minimum atomic E-state index is 0.560. The van der Waals surface area contributed by atoms with E-state index in [1.807, 2.05) is 42.5 Å². The fourth-order valence-electron chi connectivity index (χ4n) is 2.94. The molecule has 26 heavy (non-hydrogen) atoms. The lowest BCUT2D eigenvalue weighted by Crippen LogP contribution is -2.36. The second kappa shape index (κ2) is 7.84. The van der Waals surface area contributed by atoms with Gasteiger partial charge in [0.15, 0.2) is 0 Å². The van der Waals surface area contributed by atoms with Crippen LogP contribution in [0.1, 0.15) is 0 Å². The Bertz CT molecular complexity index is 850. The lowest BCUT2D eigenvalue weighted by Gasteiger charge is -2.30. The molecule has 1 aromatic heterocycles. The van der Waals surface area contributed by atoms with Crippen LogP contribution in [-0.2, 0) is 4.74 Å². The molecule has 2 aromatic carbocycles. The molecule has 0 unspecified atom stereocenters. The molecule has 2 heterocycles. The maximum absolute atomic E-state index is 5.46. The van der Waals surface area contributed by atoms with Crippen LogP contribution >= 0.6 is 0 Å². The number of hydrogen-bond acceptors (Lipinski definition) is 6. The molecule has 0 bridgehead atoms. The molecule has 6 heteroatoms. The third-order valence-corrected chi connectivity index (χ3v) is 4.20. The number of morpholine rings is 1. The largest absolute Gasteiger partial charge is 0.378 e. The van der Waals surface area contributed by atoms with E-state index in [-0.39, 0.29) is 0 Å². The van der Waals surface area contributed by atoms with Gasteiger partial charge in [0, 0.05) is 25.0 Å². The van der Waals surface area contributed by atoms with Crippen LogP contribution in [0.15, 0.2) is 66.9 Å². The van der Waals surface area contributed by atoms with Gasteiger partial charge in [0.05, 0.1) is 24.6 Å². The monoisotopic (exact) mass is 347 g/mol. The second-order valence-corrected chi connectivity index (χ2v) is 6.00. The van der Waals surface area contributed by atoms with Crippen molar-refractivity contribution in [3.05, 3.63) is 66.9 Å². The first kappa shape index (κ1) is 16.4. The Labute approximate surface area is 152 Å². The number of benzene rings is 2. The molecule has 1 fully saturated rings. The predicted octanol–water partition coefficient (Wildman–Crippen LogP) is 3.80. The van der Waals surface area contributed by atoms with Gasteiger partial charge < -0.3 is 20.3 Å². The van der Waals surface area contributed by atoms with Crippen molar-refractivity contribution >= 4 is 28.8 Å². The van der Waals surface area contributed by atoms with Crippen molar-refractivity contribution in [1.82, 2.24) is 9.97 Å². The van der Waals surface area contributed by atoms with Crippen molar-refractivity contribution in [1.29, 1.82) is 0 Å². The standard InChI is InChI=1S/C20H21N5O/c1-2-6-16(7-3-1)22-20-21-11-10-19(24-20)23-17-8-4-5-9-18(17)25-12-14-26-15-13-25/h1-11H,12-15H2,(H2,21,22,23,24). The van der Waals surface area contributed by atoms with Gasteiger partial charge in [-0.05, 0) is 30.3 Å². The molecule has 0 spiro atoms. The topological polar surface area (TPSA) is 62.3 Å². The van der Waals surface area contributed by atoms with Gasteiger partial charge in [0.2, 0.25) is 5.95 Å². The number of ether oxygens (including phenoxy) is 1. The quantitative estimate of drug-likeness (QED) is 0.732. The zero-order chi connectivity index (χ0) is 17.6. The molecule has 0 saturated carbocycles. The molecule has 132 valence electrons. The van der Waals surface area contributed by atoms with Crippen LogP contribution in [0.5, 0.6) is 0 Å². The van der Waals surface area contributed by atoms with E-state index in [0.717, 1.165) is 49.2 Å². The molecular formula is C20H21N5O. The number of anilines is 5. The van der Waals surface area contributed by atoms with Crippen LogP contribution in [0.2, 0.25) is 0 Å². The summed E-state index contributed by atoms with van der Waals surface area (Å²) >= 11 is 0. The molecule has 1 aliphatic rings. The average Bonchev–Trinajstić information content (AvgIpc) is 2.70. The van der Waals surface area contributed by atoms with Crippen LogP contribution in [0, 0.1) is 0 Å². The minimum Gasteiger partial charge on any atom is -0.378 e. The van der Waals surface area contributed by atoms with Crippen LogP contribution in [0.25, 0.3) is 0 Å². The molecule has 0 aliphatic carbocycles. The molecule has 2 N–H and O–H groups in total. The molecule has 6 nitrogen and oxygen atoms in total. The van der Waals surface area contributed by atoms with E-state index in [2.05, 4.69) is 43.7 Å². The number of nitrogens with one attached hydrogen (secondary N) is 2. The van der Waals surface area contributed by atoms with E-state index in [1.165, 1.54) is 0 Å². The molecule has 4 rings (SSSR count). The smallest absolute Gasteiger partial charge is 0.229 e. The summed E-state index contributed by atoms with van der Waals surface area (Å²) in [5, 5.41) is 6.64. The summed E-state index contributed by atoms with van der Waals surface area (Å²) in [6.45, 7) is 3.30. The summed E-state index contributed by atoms with van der Waals surface area (Å²) in [6, 6.07) is 20.0. The van der Waals surface area contributed by atoms with E-state index in [0.29, 0.717) is 5.95 Å². The van der Waals surface area contributed by atoms with Crippen LogP contribution in [0.3, 0.4) is 0 Å². The van der Waals surface area contributed by atoms with Crippen LogP contribution < -0.4 is 15.5 Å². The fourth-order valence-corrected chi connectivity index (χ4v) is 2.94. The van der Waals surface area contributed by atoms with Crippen molar-refractivity contribution in [3.8, 4) is 0 Å². The molecular weight excluding hydrogens is 326 g/mol. The fraction of sp³-hybridized carbons (Fsp3) is 0.200. The third-order valence-electron chi connectivity index (χ3n) is 4.20. The Kier molecular flexibility index (Phi) is 4.93. The van der Waals surface area contributed by atoms with Crippen LogP contribution in [-0.4, -0.2) is 36.3 Å². The van der Waals surface area contributed by atoms with Gasteiger partial charge in [-0.1, -0.05) is 30.3 Å². The summed E-state index contributed by atoms with van der Waals surface area (Å²) in [6.07, 6.45) is 1.75. The van der Waals surface area contributed by atoms with Crippen LogP contribution in [0.4, 0.5) is 28.8 Å². The van der Waals surface area contributed by atoms with Gasteiger partial charge in [0.25, 0.3) is 0 Å². The van der Waals surface area contributed by atoms with Gasteiger partial charge in [-0.3, -0.25) is 0 Å². The third kappa shape index (κ3) is 3.92. The van der Waals surface area contributed by atoms with Gasteiger partial charge in [0.1, 0.15) is 5.82 Å². The van der Waals surface area contributed by atoms with Crippen molar-refractivity contribution in [3.63, 3.8) is 0 Å². The van der Waals surface area contributed by atoms with Crippen molar-refractivity contribution in [2.24, 2.45) is 0 Å². The maximum atomic E-state index is 5.46. The van der Waals surface area contributed by atoms with Crippen molar-refractivity contribution < 1.29 is 4.74 Å². The molecule has 3 aromatic rings. The summed E-state index contributed by atoms with van der Waals surface area (Å²) in [5.41, 5.74) is 3.14. The predicted molar refractivity (Wildman–Crippen MR) is 105 cm³/mol. The Morgan fingerprint density at radius 3 is 2.46 bits per heavy atom. The Morgan fingerprint density at radius 2 is 1.62 bits per heavy atom. The minimum absolute atomic E-state index is 0.560. The number of rotatable bonds is 5. The maximum Gasteiger partial charge on any atom is 0.229 e. The van der Waals surface area contributed by atoms with E-state index in [9.17, 15) is 0 Å². The number of para-hydroxylation sites is 3. The normalized spacial score (nSPS) is 14.1. The summed E-state index contributed by atoms with van der Waals surface area (Å²) < 4.78 is 5.46. The zero-order valence-electron chi connectivity index (χ0n) is 14.4. The van der Waals surface area contributed by atoms with E-state index in [4.69, 9.17) is 4.74 Å². The highest BCUT2D eigenvalue weighted by molar-refractivity contribution is 5.74. The number of hydrogen-bond donors (Lipinski definition) is 2. The number of aromatic nitrogens is 2. The first-order chi connectivity index (χ1) is 12.9. The highest BCUT2D eigenvalue weighted by atomic mass is 16.5. The zero-order valence-corrected chi connectivity index (χ0v) is 14.4. The molecule has 0 atom stereocenters. The van der Waals surface area contributed by atoms with E-state index in [1.54, 1.807) is 6.20 Å². The SMILES string of the molecule is c1ccc(Nc2nccc(Nc3ccccc3N3CCOCC3)n2)cc1.